The first kappa shape index (κ1) is 19.8. The number of pyridine rings is 1. The molecule has 0 saturated carbocycles. The van der Waals surface area contributed by atoms with Gasteiger partial charge in [-0.05, 0) is 43.5 Å². The summed E-state index contributed by atoms with van der Waals surface area (Å²) in [5.74, 6) is 1.01. The molecule has 10 heteroatoms. The second-order valence-electron chi connectivity index (χ2n) is 7.65. The lowest BCUT2D eigenvalue weighted by Crippen LogP contribution is -2.39. The van der Waals surface area contributed by atoms with Crippen LogP contribution in [0.25, 0.3) is 5.65 Å². The molecule has 4 aromatic rings. The molecule has 160 valence electrons. The van der Waals surface area contributed by atoms with Gasteiger partial charge in [-0.25, -0.2) is 13.9 Å². The molecule has 3 aromatic heterocycles. The van der Waals surface area contributed by atoms with Crippen molar-refractivity contribution in [3.05, 3.63) is 65.4 Å². The molecule has 5 rings (SSSR count). The second kappa shape index (κ2) is 8.20. The third-order valence-corrected chi connectivity index (χ3v) is 6.36. The Kier molecular flexibility index (Phi) is 5.24. The molecule has 0 aliphatic carbocycles. The third-order valence-electron chi connectivity index (χ3n) is 5.49. The summed E-state index contributed by atoms with van der Waals surface area (Å²) in [6.45, 7) is 3.70. The van der Waals surface area contributed by atoms with Crippen molar-refractivity contribution in [1.29, 1.82) is 0 Å². The average Bonchev–Trinajstić information content (AvgIpc) is 3.40. The maximum Gasteiger partial charge on any atom is 0.243 e. The van der Waals surface area contributed by atoms with Crippen LogP contribution < -0.4 is 10.2 Å². The van der Waals surface area contributed by atoms with E-state index < -0.39 is 6.10 Å². The predicted molar refractivity (Wildman–Crippen MR) is 117 cm³/mol. The van der Waals surface area contributed by atoms with Crippen LogP contribution in [0.5, 0.6) is 0 Å². The molecule has 31 heavy (non-hydrogen) atoms. The molecule has 0 bridgehead atoms. The van der Waals surface area contributed by atoms with Gasteiger partial charge in [0.05, 0.1) is 0 Å². The molecule has 1 unspecified atom stereocenters. The lowest BCUT2D eigenvalue weighted by atomic mass is 10.0. The first-order valence-electron chi connectivity index (χ1n) is 10.2. The van der Waals surface area contributed by atoms with Crippen LogP contribution in [0.2, 0.25) is 0 Å². The van der Waals surface area contributed by atoms with Gasteiger partial charge in [0.1, 0.15) is 17.7 Å². The Morgan fingerprint density at radius 2 is 1.94 bits per heavy atom. The van der Waals surface area contributed by atoms with Crippen LogP contribution in [0.15, 0.2) is 42.6 Å². The molecule has 1 atom stereocenters. The van der Waals surface area contributed by atoms with Gasteiger partial charge in [0, 0.05) is 42.4 Å². The molecule has 8 nitrogen and oxygen atoms in total. The summed E-state index contributed by atoms with van der Waals surface area (Å²) in [6, 6.07) is 9.71. The van der Waals surface area contributed by atoms with Crippen molar-refractivity contribution in [3.8, 4) is 0 Å². The van der Waals surface area contributed by atoms with Crippen molar-refractivity contribution in [2.75, 3.05) is 23.3 Å². The zero-order chi connectivity index (χ0) is 21.4. The molecule has 4 heterocycles. The Bertz CT molecular complexity index is 1180. The van der Waals surface area contributed by atoms with Gasteiger partial charge < -0.3 is 15.3 Å². The smallest absolute Gasteiger partial charge is 0.243 e. The Morgan fingerprint density at radius 3 is 2.65 bits per heavy atom. The van der Waals surface area contributed by atoms with E-state index in [2.05, 4.69) is 29.7 Å². The number of aliphatic hydroxyl groups excluding tert-OH is 1. The molecule has 1 aliphatic heterocycles. The summed E-state index contributed by atoms with van der Waals surface area (Å²) in [7, 11) is 0. The lowest BCUT2D eigenvalue weighted by Gasteiger charge is -2.31. The number of aryl methyl sites for hydroxylation is 1. The molecule has 1 aliphatic rings. The van der Waals surface area contributed by atoms with E-state index in [4.69, 9.17) is 0 Å². The number of hydrogen-bond acceptors (Lipinski definition) is 8. The summed E-state index contributed by atoms with van der Waals surface area (Å²) in [6.07, 6.45) is 2.77. The molecular weight excluding hydrogens is 417 g/mol. The summed E-state index contributed by atoms with van der Waals surface area (Å²) < 4.78 is 19.1. The topological polar surface area (TPSA) is 91.5 Å². The fourth-order valence-electron chi connectivity index (χ4n) is 3.84. The van der Waals surface area contributed by atoms with E-state index in [0.29, 0.717) is 22.7 Å². The highest BCUT2D eigenvalue weighted by Crippen LogP contribution is 2.27. The molecule has 1 saturated heterocycles. The Balaban J connectivity index is 1.30. The number of aromatic nitrogens is 5. The molecular formula is C21H22FN7OS. The number of fused-ring (bicyclic) bond motifs is 1. The van der Waals surface area contributed by atoms with Gasteiger partial charge in [-0.1, -0.05) is 18.2 Å². The van der Waals surface area contributed by atoms with E-state index in [1.807, 2.05) is 19.1 Å². The summed E-state index contributed by atoms with van der Waals surface area (Å²) in [5.41, 5.74) is 1.80. The van der Waals surface area contributed by atoms with Crippen LogP contribution in [0.3, 0.4) is 0 Å². The number of hydrogen-bond donors (Lipinski definition) is 2. The van der Waals surface area contributed by atoms with Crippen LogP contribution in [0.4, 0.5) is 15.5 Å². The van der Waals surface area contributed by atoms with Crippen LogP contribution in [0, 0.1) is 12.7 Å². The van der Waals surface area contributed by atoms with Gasteiger partial charge in [0.15, 0.2) is 5.65 Å². The van der Waals surface area contributed by atoms with E-state index in [0.717, 1.165) is 36.9 Å². The maximum absolute atomic E-state index is 13.2. The largest absolute Gasteiger partial charge is 0.384 e. The number of anilines is 2. The van der Waals surface area contributed by atoms with Crippen molar-refractivity contribution in [2.24, 2.45) is 0 Å². The number of rotatable bonds is 5. The minimum atomic E-state index is -0.917. The van der Waals surface area contributed by atoms with Gasteiger partial charge in [-0.2, -0.15) is 9.36 Å². The first-order chi connectivity index (χ1) is 15.1. The highest BCUT2D eigenvalue weighted by Gasteiger charge is 2.23. The van der Waals surface area contributed by atoms with Crippen molar-refractivity contribution in [1.82, 2.24) is 24.0 Å². The van der Waals surface area contributed by atoms with E-state index in [9.17, 15) is 9.50 Å². The standard InChI is InChI=1S/C21H22FN7OS/c1-13-23-21(31-27-13)28-11-8-16(9-12-28)24-20-25-19-17(3-2-10-29(19)26-20)18(30)14-4-6-15(22)7-5-14/h2-7,10,16,18,30H,8-9,11-12H2,1H3,(H,24,26). The van der Waals surface area contributed by atoms with Gasteiger partial charge in [-0.3, -0.25) is 0 Å². The van der Waals surface area contributed by atoms with Crippen LogP contribution in [-0.2, 0) is 0 Å². The number of nitrogens with one attached hydrogen (secondary N) is 1. The molecule has 0 radical (unpaired) electrons. The van der Waals surface area contributed by atoms with Crippen molar-refractivity contribution in [2.45, 2.75) is 31.9 Å². The zero-order valence-corrected chi connectivity index (χ0v) is 17.8. The quantitative estimate of drug-likeness (QED) is 0.493. The fraction of sp³-hybridized carbons (Fsp3) is 0.333. The highest BCUT2D eigenvalue weighted by atomic mass is 32.1. The SMILES string of the molecule is Cc1nsc(N2CCC(Nc3nc4c(C(O)c5ccc(F)cc5)cccn4n3)CC2)n1. The summed E-state index contributed by atoms with van der Waals surface area (Å²) >= 11 is 1.44. The van der Waals surface area contributed by atoms with Gasteiger partial charge in [-0.15, -0.1) is 5.10 Å². The van der Waals surface area contributed by atoms with Crippen LogP contribution in [0.1, 0.15) is 35.9 Å². The van der Waals surface area contributed by atoms with Crippen molar-refractivity contribution >= 4 is 28.3 Å². The van der Waals surface area contributed by atoms with Crippen LogP contribution >= 0.6 is 11.5 Å². The lowest BCUT2D eigenvalue weighted by molar-refractivity contribution is 0.221. The Morgan fingerprint density at radius 1 is 1.16 bits per heavy atom. The molecule has 0 spiro atoms. The Hall–Kier alpha value is -3.11. The fourth-order valence-corrected chi connectivity index (χ4v) is 4.56. The number of benzene rings is 1. The summed E-state index contributed by atoms with van der Waals surface area (Å²) in [5, 5.41) is 19.7. The van der Waals surface area contributed by atoms with E-state index >= 15 is 0 Å². The first-order valence-corrected chi connectivity index (χ1v) is 10.9. The van der Waals surface area contributed by atoms with Gasteiger partial charge in [0.2, 0.25) is 11.1 Å². The molecule has 0 amide bonds. The summed E-state index contributed by atoms with van der Waals surface area (Å²) in [4.78, 5) is 11.4. The van der Waals surface area contributed by atoms with Gasteiger partial charge >= 0.3 is 0 Å². The normalized spacial score (nSPS) is 16.0. The number of aliphatic hydroxyl groups is 1. The van der Waals surface area contributed by atoms with E-state index in [-0.39, 0.29) is 11.9 Å². The molecule has 1 fully saturated rings. The number of nitrogens with zero attached hydrogens (tertiary/aromatic N) is 6. The van der Waals surface area contributed by atoms with E-state index in [1.54, 1.807) is 22.8 Å². The van der Waals surface area contributed by atoms with Gasteiger partial charge in [0.25, 0.3) is 0 Å². The highest BCUT2D eigenvalue weighted by molar-refractivity contribution is 7.09. The Labute approximate surface area is 182 Å². The minimum absolute atomic E-state index is 0.258. The number of piperidine rings is 1. The average molecular weight is 440 g/mol. The minimum Gasteiger partial charge on any atom is -0.384 e. The van der Waals surface area contributed by atoms with E-state index in [1.165, 1.54) is 23.7 Å². The van der Waals surface area contributed by atoms with Crippen molar-refractivity contribution in [3.63, 3.8) is 0 Å². The van der Waals surface area contributed by atoms with Crippen LogP contribution in [-0.4, -0.2) is 48.2 Å². The monoisotopic (exact) mass is 439 g/mol. The second-order valence-corrected chi connectivity index (χ2v) is 8.38. The maximum atomic E-state index is 13.2. The number of halogens is 1. The third kappa shape index (κ3) is 4.08. The predicted octanol–water partition coefficient (Wildman–Crippen LogP) is 3.19. The molecule has 2 N–H and O–H groups in total. The van der Waals surface area contributed by atoms with Crippen molar-refractivity contribution < 1.29 is 9.50 Å². The molecule has 1 aromatic carbocycles. The zero-order valence-electron chi connectivity index (χ0n) is 16.9.